The summed E-state index contributed by atoms with van der Waals surface area (Å²) >= 11 is 0. The number of carbonyl (C=O) groups excluding carboxylic acids is 1. The highest BCUT2D eigenvalue weighted by atomic mass is 16.7. The number of aromatic nitrogens is 6. The molecule has 1 atom stereocenters. The van der Waals surface area contributed by atoms with Gasteiger partial charge in [0.25, 0.3) is 0 Å². The number of nitrogens with zero attached hydrogens (tertiary/aromatic N) is 6. The molecule has 0 aliphatic carbocycles. The van der Waals surface area contributed by atoms with Gasteiger partial charge in [-0.3, -0.25) is 4.68 Å². The molecule has 0 fully saturated rings. The molecule has 2 heterocycles. The molecule has 0 aliphatic heterocycles. The first-order valence-electron chi connectivity index (χ1n) is 6.68. The Hall–Kier alpha value is -2.45. The Labute approximate surface area is 121 Å². The predicted octanol–water partition coefficient (Wildman–Crippen LogP) is 1.46. The number of tetrazole rings is 1. The Morgan fingerprint density at radius 3 is 2.76 bits per heavy atom. The van der Waals surface area contributed by atoms with Gasteiger partial charge in [-0.15, -0.1) is 15.0 Å². The monoisotopic (exact) mass is 294 g/mol. The summed E-state index contributed by atoms with van der Waals surface area (Å²) in [6, 6.07) is 0. The average molecular weight is 294 g/mol. The average Bonchev–Trinajstić information content (AvgIpc) is 3.03. The van der Waals surface area contributed by atoms with Crippen molar-refractivity contribution in [1.82, 2.24) is 30.0 Å². The summed E-state index contributed by atoms with van der Waals surface area (Å²) in [6.07, 6.45) is 0.820. The molecule has 0 radical (unpaired) electrons. The fourth-order valence-corrected chi connectivity index (χ4v) is 1.87. The van der Waals surface area contributed by atoms with Crippen LogP contribution in [0.15, 0.2) is 6.20 Å². The van der Waals surface area contributed by atoms with Crippen molar-refractivity contribution in [3.8, 4) is 11.5 Å². The van der Waals surface area contributed by atoms with Gasteiger partial charge in [0.15, 0.2) is 0 Å². The van der Waals surface area contributed by atoms with E-state index in [9.17, 15) is 4.79 Å². The van der Waals surface area contributed by atoms with Gasteiger partial charge < -0.3 is 9.47 Å². The molecular weight excluding hydrogens is 276 g/mol. The zero-order chi connectivity index (χ0) is 15.4. The Morgan fingerprint density at radius 1 is 1.43 bits per heavy atom. The SMILES string of the molecule is CCOC(=O)OC(CC)n1nnc(-c2c(C)cnn2C)n1. The van der Waals surface area contributed by atoms with Crippen molar-refractivity contribution >= 4 is 6.16 Å². The lowest BCUT2D eigenvalue weighted by Crippen LogP contribution is -2.20. The maximum atomic E-state index is 11.4. The normalized spacial score (nSPS) is 12.2. The van der Waals surface area contributed by atoms with Gasteiger partial charge in [-0.1, -0.05) is 6.92 Å². The first kappa shape index (κ1) is 14.9. The minimum absolute atomic E-state index is 0.250. The van der Waals surface area contributed by atoms with Crippen molar-refractivity contribution in [2.24, 2.45) is 7.05 Å². The minimum atomic E-state index is -0.750. The van der Waals surface area contributed by atoms with E-state index in [-0.39, 0.29) is 6.61 Å². The summed E-state index contributed by atoms with van der Waals surface area (Å²) in [5.74, 6) is 0.429. The maximum Gasteiger partial charge on any atom is 0.510 e. The van der Waals surface area contributed by atoms with Crippen LogP contribution in [0.1, 0.15) is 32.1 Å². The van der Waals surface area contributed by atoms with E-state index in [1.165, 1.54) is 4.80 Å². The second-order valence-electron chi connectivity index (χ2n) is 4.40. The molecule has 0 saturated heterocycles. The lowest BCUT2D eigenvalue weighted by atomic mass is 10.3. The number of ether oxygens (including phenoxy) is 2. The Kier molecular flexibility index (Phi) is 4.51. The summed E-state index contributed by atoms with van der Waals surface area (Å²) < 4.78 is 11.6. The lowest BCUT2D eigenvalue weighted by molar-refractivity contribution is -0.0158. The van der Waals surface area contributed by atoms with E-state index in [4.69, 9.17) is 9.47 Å². The van der Waals surface area contributed by atoms with Crippen LogP contribution in [0.5, 0.6) is 0 Å². The van der Waals surface area contributed by atoms with Crippen LogP contribution in [0.4, 0.5) is 4.79 Å². The standard InChI is InChI=1S/C12H18N6O3/c1-5-9(21-12(19)20-6-2)18-15-11(14-16-18)10-8(3)7-13-17(10)4/h7,9H,5-6H2,1-4H3. The van der Waals surface area contributed by atoms with Crippen LogP contribution in [0.25, 0.3) is 11.5 Å². The quantitative estimate of drug-likeness (QED) is 0.770. The molecule has 21 heavy (non-hydrogen) atoms. The van der Waals surface area contributed by atoms with Crippen LogP contribution in [-0.2, 0) is 16.5 Å². The topological polar surface area (TPSA) is 97.0 Å². The van der Waals surface area contributed by atoms with Gasteiger partial charge in [0, 0.05) is 13.5 Å². The Morgan fingerprint density at radius 2 is 2.19 bits per heavy atom. The van der Waals surface area contributed by atoms with E-state index in [0.29, 0.717) is 12.2 Å². The number of rotatable bonds is 5. The van der Waals surface area contributed by atoms with Crippen molar-refractivity contribution in [2.75, 3.05) is 6.61 Å². The molecular formula is C12H18N6O3. The molecule has 0 N–H and O–H groups in total. The molecule has 2 aromatic rings. The highest BCUT2D eigenvalue weighted by Crippen LogP contribution is 2.19. The summed E-state index contributed by atoms with van der Waals surface area (Å²) in [7, 11) is 1.80. The zero-order valence-electron chi connectivity index (χ0n) is 12.5. The van der Waals surface area contributed by atoms with Crippen LogP contribution >= 0.6 is 0 Å². The summed E-state index contributed by atoms with van der Waals surface area (Å²) in [5, 5.41) is 16.3. The van der Waals surface area contributed by atoms with Gasteiger partial charge in [0.2, 0.25) is 12.1 Å². The van der Waals surface area contributed by atoms with Crippen molar-refractivity contribution in [1.29, 1.82) is 0 Å². The van der Waals surface area contributed by atoms with E-state index in [1.807, 2.05) is 13.8 Å². The summed E-state index contributed by atoms with van der Waals surface area (Å²) in [5.41, 5.74) is 1.71. The van der Waals surface area contributed by atoms with E-state index >= 15 is 0 Å². The van der Waals surface area contributed by atoms with E-state index < -0.39 is 12.4 Å². The largest absolute Gasteiger partial charge is 0.510 e. The minimum Gasteiger partial charge on any atom is -0.435 e. The second kappa shape index (κ2) is 6.33. The van der Waals surface area contributed by atoms with Gasteiger partial charge in [-0.2, -0.15) is 5.10 Å². The van der Waals surface area contributed by atoms with Crippen molar-refractivity contribution in [2.45, 2.75) is 33.4 Å². The van der Waals surface area contributed by atoms with Crippen molar-refractivity contribution in [3.05, 3.63) is 11.8 Å². The molecule has 2 rings (SSSR count). The molecule has 2 aromatic heterocycles. The highest BCUT2D eigenvalue weighted by Gasteiger charge is 2.20. The first-order valence-corrected chi connectivity index (χ1v) is 6.68. The van der Waals surface area contributed by atoms with Gasteiger partial charge in [-0.25, -0.2) is 4.79 Å². The van der Waals surface area contributed by atoms with Crippen LogP contribution in [0.3, 0.4) is 0 Å². The fourth-order valence-electron chi connectivity index (χ4n) is 1.87. The number of aryl methyl sites for hydroxylation is 2. The second-order valence-corrected chi connectivity index (χ2v) is 4.40. The van der Waals surface area contributed by atoms with E-state index in [1.54, 1.807) is 24.9 Å². The lowest BCUT2D eigenvalue weighted by Gasteiger charge is -2.13. The molecule has 114 valence electrons. The molecule has 9 heteroatoms. The highest BCUT2D eigenvalue weighted by molar-refractivity contribution is 5.59. The Balaban J connectivity index is 2.20. The smallest absolute Gasteiger partial charge is 0.435 e. The molecule has 0 aliphatic rings. The fraction of sp³-hybridized carbons (Fsp3) is 0.583. The molecule has 0 bridgehead atoms. The number of hydrogen-bond acceptors (Lipinski definition) is 7. The number of carbonyl (C=O) groups is 1. The van der Waals surface area contributed by atoms with Crippen molar-refractivity contribution in [3.63, 3.8) is 0 Å². The molecule has 9 nitrogen and oxygen atoms in total. The van der Waals surface area contributed by atoms with Crippen molar-refractivity contribution < 1.29 is 14.3 Å². The first-order chi connectivity index (χ1) is 10.1. The molecule has 0 aromatic carbocycles. The van der Waals surface area contributed by atoms with E-state index in [2.05, 4.69) is 20.5 Å². The van der Waals surface area contributed by atoms with Gasteiger partial charge in [-0.05, 0) is 24.6 Å². The molecule has 0 amide bonds. The molecule has 0 spiro atoms. The molecule has 1 unspecified atom stereocenters. The summed E-state index contributed by atoms with van der Waals surface area (Å²) in [6.45, 7) is 5.72. The summed E-state index contributed by atoms with van der Waals surface area (Å²) in [4.78, 5) is 12.6. The van der Waals surface area contributed by atoms with E-state index in [0.717, 1.165) is 11.3 Å². The third-order valence-corrected chi connectivity index (χ3v) is 2.86. The van der Waals surface area contributed by atoms with Gasteiger partial charge >= 0.3 is 6.16 Å². The third kappa shape index (κ3) is 3.18. The maximum absolute atomic E-state index is 11.4. The van der Waals surface area contributed by atoms with Crippen LogP contribution in [-0.4, -0.2) is 42.7 Å². The van der Waals surface area contributed by atoms with Gasteiger partial charge in [0.1, 0.15) is 5.69 Å². The van der Waals surface area contributed by atoms with Crippen LogP contribution in [0.2, 0.25) is 0 Å². The third-order valence-electron chi connectivity index (χ3n) is 2.86. The van der Waals surface area contributed by atoms with Crippen LogP contribution in [0, 0.1) is 6.92 Å². The van der Waals surface area contributed by atoms with Crippen LogP contribution < -0.4 is 0 Å². The zero-order valence-corrected chi connectivity index (χ0v) is 12.5. The number of hydrogen-bond donors (Lipinski definition) is 0. The Bertz CT molecular complexity index is 601. The van der Waals surface area contributed by atoms with Gasteiger partial charge in [0.05, 0.1) is 12.8 Å². The molecule has 0 saturated carbocycles. The predicted molar refractivity (Wildman–Crippen MR) is 72.2 cm³/mol.